The first-order valence-corrected chi connectivity index (χ1v) is 8.65. The molecule has 2 saturated heterocycles. The van der Waals surface area contributed by atoms with Gasteiger partial charge in [0.25, 0.3) is 0 Å². The maximum absolute atomic E-state index is 3.43. The predicted octanol–water partition coefficient (Wildman–Crippen LogP) is 1.09. The van der Waals surface area contributed by atoms with Crippen molar-refractivity contribution in [1.82, 2.24) is 20.0 Å². The van der Waals surface area contributed by atoms with Gasteiger partial charge in [-0.3, -0.25) is 4.90 Å². The Balaban J connectivity index is 1.67. The predicted molar refractivity (Wildman–Crippen MR) is 86.3 cm³/mol. The standard InChI is InChI=1S/C16H34N4/c1-3-9-19-10-4-5-16(6-11-19)18(2)14-15-20-12-7-17-8-13-20/h16-17H,3-15H2,1-2H3. The molecule has 0 aromatic carbocycles. The van der Waals surface area contributed by atoms with Crippen molar-refractivity contribution in [2.24, 2.45) is 0 Å². The number of piperazine rings is 1. The van der Waals surface area contributed by atoms with Crippen molar-refractivity contribution in [2.45, 2.75) is 38.6 Å². The zero-order chi connectivity index (χ0) is 14.2. The first-order valence-electron chi connectivity index (χ1n) is 8.65. The van der Waals surface area contributed by atoms with Crippen molar-refractivity contribution in [3.63, 3.8) is 0 Å². The summed E-state index contributed by atoms with van der Waals surface area (Å²) in [6.45, 7) is 13.5. The average molecular weight is 282 g/mol. The average Bonchev–Trinajstić information content (AvgIpc) is 2.72. The van der Waals surface area contributed by atoms with Gasteiger partial charge in [0, 0.05) is 45.3 Å². The van der Waals surface area contributed by atoms with Crippen molar-refractivity contribution in [3.05, 3.63) is 0 Å². The molecule has 2 heterocycles. The van der Waals surface area contributed by atoms with Crippen molar-refractivity contribution in [1.29, 1.82) is 0 Å². The molecule has 0 bridgehead atoms. The van der Waals surface area contributed by atoms with Crippen LogP contribution in [-0.2, 0) is 0 Å². The van der Waals surface area contributed by atoms with Gasteiger partial charge in [-0.15, -0.1) is 0 Å². The highest BCUT2D eigenvalue weighted by Crippen LogP contribution is 2.16. The first-order chi connectivity index (χ1) is 9.79. The van der Waals surface area contributed by atoms with Crippen LogP contribution >= 0.6 is 0 Å². The molecule has 2 rings (SSSR count). The molecule has 0 amide bonds. The van der Waals surface area contributed by atoms with Gasteiger partial charge in [-0.2, -0.15) is 0 Å². The van der Waals surface area contributed by atoms with Crippen LogP contribution in [0.15, 0.2) is 0 Å². The van der Waals surface area contributed by atoms with Crippen molar-refractivity contribution in [2.75, 3.05) is 66.0 Å². The lowest BCUT2D eigenvalue weighted by Gasteiger charge is -2.32. The molecule has 0 aromatic heterocycles. The summed E-state index contributed by atoms with van der Waals surface area (Å²) in [7, 11) is 2.34. The minimum atomic E-state index is 0.805. The fourth-order valence-electron chi connectivity index (χ4n) is 3.54. The molecule has 0 aliphatic carbocycles. The van der Waals surface area contributed by atoms with Gasteiger partial charge in [-0.25, -0.2) is 0 Å². The molecule has 2 fully saturated rings. The van der Waals surface area contributed by atoms with Crippen LogP contribution in [0.2, 0.25) is 0 Å². The van der Waals surface area contributed by atoms with E-state index in [-0.39, 0.29) is 0 Å². The second-order valence-electron chi connectivity index (χ2n) is 6.50. The maximum Gasteiger partial charge on any atom is 0.0110 e. The summed E-state index contributed by atoms with van der Waals surface area (Å²) in [5.41, 5.74) is 0. The highest BCUT2D eigenvalue weighted by atomic mass is 15.2. The first kappa shape index (κ1) is 16.2. The van der Waals surface area contributed by atoms with Crippen molar-refractivity contribution in [3.8, 4) is 0 Å². The Kier molecular flexibility index (Phi) is 7.28. The van der Waals surface area contributed by atoms with Crippen LogP contribution in [0.5, 0.6) is 0 Å². The monoisotopic (exact) mass is 282 g/mol. The summed E-state index contributed by atoms with van der Waals surface area (Å²) in [6, 6.07) is 0.805. The Morgan fingerprint density at radius 3 is 2.50 bits per heavy atom. The van der Waals surface area contributed by atoms with E-state index in [1.807, 2.05) is 0 Å². The molecule has 20 heavy (non-hydrogen) atoms. The van der Waals surface area contributed by atoms with E-state index in [2.05, 4.69) is 34.0 Å². The fraction of sp³-hybridized carbons (Fsp3) is 1.00. The van der Waals surface area contributed by atoms with Gasteiger partial charge in [0.1, 0.15) is 0 Å². The smallest absolute Gasteiger partial charge is 0.0110 e. The molecule has 0 spiro atoms. The number of likely N-dealkylation sites (tertiary alicyclic amines) is 1. The number of nitrogens with one attached hydrogen (secondary N) is 1. The van der Waals surface area contributed by atoms with Gasteiger partial charge in [0.2, 0.25) is 0 Å². The quantitative estimate of drug-likeness (QED) is 0.787. The maximum atomic E-state index is 3.43. The number of likely N-dealkylation sites (N-methyl/N-ethyl adjacent to an activating group) is 1. The Bertz CT molecular complexity index is 253. The molecule has 1 atom stereocenters. The van der Waals surface area contributed by atoms with E-state index in [9.17, 15) is 0 Å². The van der Waals surface area contributed by atoms with E-state index in [4.69, 9.17) is 0 Å². The Labute approximate surface area is 125 Å². The number of nitrogens with zero attached hydrogens (tertiary/aromatic N) is 3. The van der Waals surface area contributed by atoms with Crippen LogP contribution in [0, 0.1) is 0 Å². The molecular formula is C16H34N4. The molecule has 4 heteroatoms. The fourth-order valence-corrected chi connectivity index (χ4v) is 3.54. The van der Waals surface area contributed by atoms with E-state index in [1.54, 1.807) is 0 Å². The van der Waals surface area contributed by atoms with E-state index in [0.29, 0.717) is 0 Å². The second-order valence-corrected chi connectivity index (χ2v) is 6.50. The van der Waals surface area contributed by atoms with Crippen LogP contribution in [0.4, 0.5) is 0 Å². The number of rotatable bonds is 6. The summed E-state index contributed by atoms with van der Waals surface area (Å²) in [4.78, 5) is 7.88. The zero-order valence-corrected chi connectivity index (χ0v) is 13.6. The minimum absolute atomic E-state index is 0.805. The summed E-state index contributed by atoms with van der Waals surface area (Å²) in [5.74, 6) is 0. The highest BCUT2D eigenvalue weighted by Gasteiger charge is 2.20. The van der Waals surface area contributed by atoms with Crippen LogP contribution in [0.3, 0.4) is 0 Å². The molecule has 2 aliphatic rings. The van der Waals surface area contributed by atoms with E-state index < -0.39 is 0 Å². The molecular weight excluding hydrogens is 248 g/mol. The van der Waals surface area contributed by atoms with Crippen molar-refractivity contribution < 1.29 is 0 Å². The zero-order valence-electron chi connectivity index (χ0n) is 13.6. The summed E-state index contributed by atoms with van der Waals surface area (Å²) in [6.07, 6.45) is 5.42. The number of hydrogen-bond acceptors (Lipinski definition) is 4. The van der Waals surface area contributed by atoms with Gasteiger partial charge in [0.05, 0.1) is 0 Å². The van der Waals surface area contributed by atoms with Crippen molar-refractivity contribution >= 4 is 0 Å². The van der Waals surface area contributed by atoms with Gasteiger partial charge in [0.15, 0.2) is 0 Å². The van der Waals surface area contributed by atoms with Crippen LogP contribution in [0.25, 0.3) is 0 Å². The van der Waals surface area contributed by atoms with E-state index >= 15 is 0 Å². The molecule has 4 nitrogen and oxygen atoms in total. The molecule has 118 valence electrons. The molecule has 2 aliphatic heterocycles. The third-order valence-corrected chi connectivity index (χ3v) is 4.93. The van der Waals surface area contributed by atoms with Crippen LogP contribution in [0.1, 0.15) is 32.6 Å². The van der Waals surface area contributed by atoms with Gasteiger partial charge >= 0.3 is 0 Å². The second kappa shape index (κ2) is 8.98. The van der Waals surface area contributed by atoms with Crippen LogP contribution in [-0.4, -0.2) is 86.7 Å². The molecule has 1 unspecified atom stereocenters. The Morgan fingerprint density at radius 1 is 1.00 bits per heavy atom. The molecule has 0 saturated carbocycles. The van der Waals surface area contributed by atoms with Crippen LogP contribution < -0.4 is 5.32 Å². The Hall–Kier alpha value is -0.160. The van der Waals surface area contributed by atoms with Gasteiger partial charge < -0.3 is 15.1 Å². The summed E-state index contributed by atoms with van der Waals surface area (Å²) >= 11 is 0. The lowest BCUT2D eigenvalue weighted by molar-refractivity contribution is 0.166. The third kappa shape index (κ3) is 5.32. The normalized spacial score (nSPS) is 26.9. The third-order valence-electron chi connectivity index (χ3n) is 4.93. The summed E-state index contributed by atoms with van der Waals surface area (Å²) < 4.78 is 0. The summed E-state index contributed by atoms with van der Waals surface area (Å²) in [5, 5.41) is 3.43. The number of hydrogen-bond donors (Lipinski definition) is 1. The SMILES string of the molecule is CCCN1CCCC(N(C)CCN2CCNCC2)CC1. The molecule has 0 radical (unpaired) electrons. The van der Waals surface area contributed by atoms with Gasteiger partial charge in [-0.05, 0) is 52.4 Å². The lowest BCUT2D eigenvalue weighted by atomic mass is 10.1. The minimum Gasteiger partial charge on any atom is -0.314 e. The highest BCUT2D eigenvalue weighted by molar-refractivity contribution is 4.77. The molecule has 1 N–H and O–H groups in total. The topological polar surface area (TPSA) is 21.8 Å². The Morgan fingerprint density at radius 2 is 1.75 bits per heavy atom. The van der Waals surface area contributed by atoms with E-state index in [0.717, 1.165) is 6.04 Å². The van der Waals surface area contributed by atoms with Gasteiger partial charge in [-0.1, -0.05) is 6.92 Å². The molecule has 0 aromatic rings. The largest absolute Gasteiger partial charge is 0.314 e. The lowest BCUT2D eigenvalue weighted by Crippen LogP contribution is -2.47. The van der Waals surface area contributed by atoms with E-state index in [1.165, 1.54) is 84.6 Å².